The van der Waals surface area contributed by atoms with Crippen molar-refractivity contribution >= 4 is 37.5 Å². The van der Waals surface area contributed by atoms with Crippen LogP contribution in [0.4, 0.5) is 11.5 Å². The first-order valence-corrected chi connectivity index (χ1v) is 7.67. The van der Waals surface area contributed by atoms with Crippen LogP contribution in [0.5, 0.6) is 0 Å². The molecule has 0 saturated carbocycles. The molecule has 1 aromatic heterocycles. The molecule has 0 fully saturated rings. The molecule has 0 amide bonds. The van der Waals surface area contributed by atoms with Crippen LogP contribution in [0.1, 0.15) is 5.56 Å². The van der Waals surface area contributed by atoms with Gasteiger partial charge in [-0.15, -0.1) is 0 Å². The number of nitrogens with zero attached hydrogens (tertiary/aromatic N) is 1. The number of benzene rings is 1. The summed E-state index contributed by atoms with van der Waals surface area (Å²) in [6.07, 6.45) is 1.53. The molecule has 0 spiro atoms. The van der Waals surface area contributed by atoms with Crippen molar-refractivity contribution in [1.82, 2.24) is 4.98 Å². The molecular weight excluding hydrogens is 330 g/mol. The zero-order valence-electron chi connectivity index (χ0n) is 10.1. The van der Waals surface area contributed by atoms with Crippen LogP contribution in [0.3, 0.4) is 0 Å². The molecule has 2 rings (SSSR count). The Bertz CT molecular complexity index is 717. The van der Waals surface area contributed by atoms with Gasteiger partial charge in [-0.05, 0) is 52.7 Å². The van der Waals surface area contributed by atoms with Gasteiger partial charge in [0.1, 0.15) is 5.82 Å². The second kappa shape index (κ2) is 5.18. The fourth-order valence-corrected chi connectivity index (χ4v) is 3.09. The molecule has 0 bridgehead atoms. The van der Waals surface area contributed by atoms with E-state index in [1.165, 1.54) is 24.4 Å². The van der Waals surface area contributed by atoms with Crippen molar-refractivity contribution in [3.05, 3.63) is 46.6 Å². The van der Waals surface area contributed by atoms with Crippen molar-refractivity contribution in [3.63, 3.8) is 0 Å². The normalized spacial score (nSPS) is 11.3. The topological polar surface area (TPSA) is 85.1 Å². The van der Waals surface area contributed by atoms with E-state index in [2.05, 4.69) is 25.6 Å². The first-order valence-electron chi connectivity index (χ1n) is 5.39. The summed E-state index contributed by atoms with van der Waals surface area (Å²) >= 11 is 3.21. The van der Waals surface area contributed by atoms with E-state index in [1.54, 1.807) is 19.1 Å². The molecule has 19 heavy (non-hydrogen) atoms. The van der Waals surface area contributed by atoms with E-state index in [9.17, 15) is 8.42 Å². The number of pyridine rings is 1. The molecule has 0 unspecified atom stereocenters. The number of anilines is 2. The van der Waals surface area contributed by atoms with E-state index < -0.39 is 10.0 Å². The lowest BCUT2D eigenvalue weighted by molar-refractivity contribution is 0.601. The van der Waals surface area contributed by atoms with E-state index >= 15 is 0 Å². The molecule has 7 heteroatoms. The standard InChI is InChI=1S/C12H12BrN3O2S/c1-8-3-2-6-15-12(8)16-19(17,18)9-4-5-11(14)10(13)7-9/h2-7H,14H2,1H3,(H,15,16). The van der Waals surface area contributed by atoms with Gasteiger partial charge in [-0.2, -0.15) is 0 Å². The molecule has 3 N–H and O–H groups in total. The van der Waals surface area contributed by atoms with Crippen LogP contribution in [-0.4, -0.2) is 13.4 Å². The van der Waals surface area contributed by atoms with E-state index in [0.717, 1.165) is 5.56 Å². The maximum atomic E-state index is 12.2. The van der Waals surface area contributed by atoms with Crippen LogP contribution < -0.4 is 10.5 Å². The van der Waals surface area contributed by atoms with Gasteiger partial charge in [0.2, 0.25) is 0 Å². The van der Waals surface area contributed by atoms with Crippen LogP contribution in [0.2, 0.25) is 0 Å². The molecule has 0 radical (unpaired) electrons. The Labute approximate surface area is 120 Å². The highest BCUT2D eigenvalue weighted by Gasteiger charge is 2.16. The summed E-state index contributed by atoms with van der Waals surface area (Å²) in [5, 5.41) is 0. The molecule has 0 aliphatic heterocycles. The highest BCUT2D eigenvalue weighted by molar-refractivity contribution is 9.10. The molecular formula is C12H12BrN3O2S. The van der Waals surface area contributed by atoms with Gasteiger partial charge in [-0.1, -0.05) is 6.07 Å². The summed E-state index contributed by atoms with van der Waals surface area (Å²) in [4.78, 5) is 4.13. The fourth-order valence-electron chi connectivity index (χ4n) is 1.45. The largest absolute Gasteiger partial charge is 0.398 e. The maximum absolute atomic E-state index is 12.2. The number of sulfonamides is 1. The monoisotopic (exact) mass is 341 g/mol. The molecule has 0 aliphatic rings. The van der Waals surface area contributed by atoms with Crippen molar-refractivity contribution in [1.29, 1.82) is 0 Å². The minimum atomic E-state index is -3.67. The van der Waals surface area contributed by atoms with Gasteiger partial charge in [-0.3, -0.25) is 4.72 Å². The number of nitrogens with one attached hydrogen (secondary N) is 1. The van der Waals surface area contributed by atoms with Gasteiger partial charge in [0.25, 0.3) is 10.0 Å². The molecule has 0 atom stereocenters. The number of aryl methyl sites for hydroxylation is 1. The summed E-state index contributed by atoms with van der Waals surface area (Å²) in [6, 6.07) is 7.96. The third-order valence-corrected chi connectivity index (χ3v) is 4.55. The number of rotatable bonds is 3. The second-order valence-corrected chi connectivity index (χ2v) is 6.49. The lowest BCUT2D eigenvalue weighted by Crippen LogP contribution is -2.14. The summed E-state index contributed by atoms with van der Waals surface area (Å²) in [6.45, 7) is 1.78. The van der Waals surface area contributed by atoms with Crippen LogP contribution in [0.15, 0.2) is 45.9 Å². The molecule has 0 aliphatic carbocycles. The Morgan fingerprint density at radius 1 is 1.32 bits per heavy atom. The minimum Gasteiger partial charge on any atom is -0.398 e. The number of nitrogen functional groups attached to an aromatic ring is 1. The first-order chi connectivity index (χ1) is 8.90. The highest BCUT2D eigenvalue weighted by Crippen LogP contribution is 2.24. The fraction of sp³-hybridized carbons (Fsp3) is 0.0833. The average molecular weight is 342 g/mol. The van der Waals surface area contributed by atoms with E-state index in [0.29, 0.717) is 16.0 Å². The number of nitrogens with two attached hydrogens (primary N) is 1. The van der Waals surface area contributed by atoms with Gasteiger partial charge >= 0.3 is 0 Å². The Hall–Kier alpha value is -1.60. The van der Waals surface area contributed by atoms with Gasteiger partial charge in [0.05, 0.1) is 4.90 Å². The second-order valence-electron chi connectivity index (χ2n) is 3.96. The quantitative estimate of drug-likeness (QED) is 0.840. The number of halogens is 1. The zero-order valence-corrected chi connectivity index (χ0v) is 12.5. The summed E-state index contributed by atoms with van der Waals surface area (Å²) < 4.78 is 27.4. The van der Waals surface area contributed by atoms with Crippen LogP contribution >= 0.6 is 15.9 Å². The predicted molar refractivity (Wildman–Crippen MR) is 78.3 cm³/mol. The molecule has 0 saturated heterocycles. The maximum Gasteiger partial charge on any atom is 0.263 e. The predicted octanol–water partition coefficient (Wildman–Crippen LogP) is 2.54. The number of hydrogen-bond donors (Lipinski definition) is 2. The molecule has 5 nitrogen and oxygen atoms in total. The van der Waals surface area contributed by atoms with Crippen molar-refractivity contribution in [2.45, 2.75) is 11.8 Å². The van der Waals surface area contributed by atoms with Crippen LogP contribution in [0.25, 0.3) is 0 Å². The van der Waals surface area contributed by atoms with E-state index in [-0.39, 0.29) is 4.90 Å². The van der Waals surface area contributed by atoms with Crippen molar-refractivity contribution < 1.29 is 8.42 Å². The zero-order chi connectivity index (χ0) is 14.0. The van der Waals surface area contributed by atoms with Gasteiger partial charge in [-0.25, -0.2) is 13.4 Å². The lowest BCUT2D eigenvalue weighted by atomic mass is 10.3. The Kier molecular flexibility index (Phi) is 3.77. The summed E-state index contributed by atoms with van der Waals surface area (Å²) in [5.41, 5.74) is 6.86. The van der Waals surface area contributed by atoms with Crippen molar-refractivity contribution in [2.24, 2.45) is 0 Å². The Morgan fingerprint density at radius 3 is 2.68 bits per heavy atom. The average Bonchev–Trinajstić information content (AvgIpc) is 2.35. The third kappa shape index (κ3) is 3.05. The third-order valence-electron chi connectivity index (χ3n) is 2.52. The molecule has 100 valence electrons. The minimum absolute atomic E-state index is 0.124. The van der Waals surface area contributed by atoms with Crippen LogP contribution in [-0.2, 0) is 10.0 Å². The molecule has 2 aromatic rings. The highest BCUT2D eigenvalue weighted by atomic mass is 79.9. The summed E-state index contributed by atoms with van der Waals surface area (Å²) in [7, 11) is -3.67. The SMILES string of the molecule is Cc1cccnc1NS(=O)(=O)c1ccc(N)c(Br)c1. The van der Waals surface area contributed by atoms with Crippen molar-refractivity contribution in [3.8, 4) is 0 Å². The van der Waals surface area contributed by atoms with Crippen LogP contribution in [0, 0.1) is 6.92 Å². The Morgan fingerprint density at radius 2 is 2.05 bits per heavy atom. The number of hydrogen-bond acceptors (Lipinski definition) is 4. The first kappa shape index (κ1) is 13.8. The smallest absolute Gasteiger partial charge is 0.263 e. The van der Waals surface area contributed by atoms with Gasteiger partial charge < -0.3 is 5.73 Å². The summed E-state index contributed by atoms with van der Waals surface area (Å²) in [5.74, 6) is 0.315. The van der Waals surface area contributed by atoms with Crippen molar-refractivity contribution in [2.75, 3.05) is 10.5 Å². The van der Waals surface area contributed by atoms with E-state index in [1.807, 2.05) is 0 Å². The molecule has 1 heterocycles. The van der Waals surface area contributed by atoms with Gasteiger partial charge in [0, 0.05) is 16.4 Å². The Balaban J connectivity index is 2.38. The lowest BCUT2D eigenvalue weighted by Gasteiger charge is -2.10. The number of aromatic nitrogens is 1. The van der Waals surface area contributed by atoms with Gasteiger partial charge in [0.15, 0.2) is 0 Å². The van der Waals surface area contributed by atoms with E-state index in [4.69, 9.17) is 5.73 Å². The molecule has 1 aromatic carbocycles.